The molecule has 0 bridgehead atoms. The van der Waals surface area contributed by atoms with Gasteiger partial charge in [-0.1, -0.05) is 49.4 Å². The number of piperidine rings is 1. The predicted molar refractivity (Wildman–Crippen MR) is 113 cm³/mol. The van der Waals surface area contributed by atoms with E-state index in [1.54, 1.807) is 31.1 Å². The highest BCUT2D eigenvalue weighted by molar-refractivity contribution is 5.83. The van der Waals surface area contributed by atoms with Crippen molar-refractivity contribution >= 4 is 11.8 Å². The van der Waals surface area contributed by atoms with Gasteiger partial charge in [-0.3, -0.25) is 9.59 Å². The van der Waals surface area contributed by atoms with Crippen LogP contribution in [0.4, 0.5) is 4.39 Å². The summed E-state index contributed by atoms with van der Waals surface area (Å²) in [6.45, 7) is 3.09. The number of nitrogens with zero attached hydrogens (tertiary/aromatic N) is 2. The molecule has 0 aliphatic carbocycles. The zero-order chi connectivity index (χ0) is 21.0. The standard InChI is InChI=1S/C24H29FN2O2/c1-4-22(28)27-15-13-24(14-16-27,23(29)26(2)3)17-18-9-11-19(12-10-18)20-7-5-6-8-21(20)25/h5-12H,4,13-17H2,1-3H3. The van der Waals surface area contributed by atoms with Gasteiger partial charge in [-0.2, -0.15) is 0 Å². The molecular weight excluding hydrogens is 367 g/mol. The first-order valence-electron chi connectivity index (χ1n) is 10.2. The zero-order valence-electron chi connectivity index (χ0n) is 17.5. The molecule has 3 rings (SSSR count). The van der Waals surface area contributed by atoms with E-state index in [0.717, 1.165) is 11.1 Å². The van der Waals surface area contributed by atoms with Gasteiger partial charge >= 0.3 is 0 Å². The Morgan fingerprint density at radius 3 is 2.21 bits per heavy atom. The fourth-order valence-corrected chi connectivity index (χ4v) is 4.24. The van der Waals surface area contributed by atoms with Gasteiger partial charge in [0.25, 0.3) is 0 Å². The van der Waals surface area contributed by atoms with Crippen LogP contribution in [-0.4, -0.2) is 48.8 Å². The van der Waals surface area contributed by atoms with Gasteiger partial charge in [0.05, 0.1) is 5.41 Å². The average Bonchev–Trinajstić information content (AvgIpc) is 2.74. The number of likely N-dealkylation sites (tertiary alicyclic amines) is 1. The molecule has 0 aromatic heterocycles. The summed E-state index contributed by atoms with van der Waals surface area (Å²) in [6, 6.07) is 14.5. The summed E-state index contributed by atoms with van der Waals surface area (Å²) in [5, 5.41) is 0. The Kier molecular flexibility index (Phi) is 6.36. The van der Waals surface area contributed by atoms with E-state index >= 15 is 0 Å². The fourth-order valence-electron chi connectivity index (χ4n) is 4.24. The number of rotatable bonds is 5. The quantitative estimate of drug-likeness (QED) is 0.762. The molecule has 5 heteroatoms. The highest BCUT2D eigenvalue weighted by atomic mass is 19.1. The molecule has 1 fully saturated rings. The number of halogens is 1. The third-order valence-corrected chi connectivity index (χ3v) is 5.92. The van der Waals surface area contributed by atoms with E-state index in [1.165, 1.54) is 6.07 Å². The normalized spacial score (nSPS) is 15.8. The molecule has 4 nitrogen and oxygen atoms in total. The number of amides is 2. The zero-order valence-corrected chi connectivity index (χ0v) is 17.5. The minimum atomic E-state index is -0.506. The van der Waals surface area contributed by atoms with E-state index in [-0.39, 0.29) is 17.6 Å². The van der Waals surface area contributed by atoms with Crippen molar-refractivity contribution in [2.75, 3.05) is 27.2 Å². The van der Waals surface area contributed by atoms with Crippen LogP contribution in [0.2, 0.25) is 0 Å². The van der Waals surface area contributed by atoms with Crippen LogP contribution in [0.15, 0.2) is 48.5 Å². The topological polar surface area (TPSA) is 40.6 Å². The lowest BCUT2D eigenvalue weighted by Gasteiger charge is -2.42. The summed E-state index contributed by atoms with van der Waals surface area (Å²) >= 11 is 0. The predicted octanol–water partition coefficient (Wildman–Crippen LogP) is 4.14. The molecule has 0 spiro atoms. The lowest BCUT2D eigenvalue weighted by atomic mass is 9.72. The number of hydrogen-bond donors (Lipinski definition) is 0. The Morgan fingerprint density at radius 2 is 1.66 bits per heavy atom. The molecule has 154 valence electrons. The lowest BCUT2D eigenvalue weighted by molar-refractivity contribution is -0.146. The summed E-state index contributed by atoms with van der Waals surface area (Å²) in [6.07, 6.45) is 2.43. The SMILES string of the molecule is CCC(=O)N1CCC(Cc2ccc(-c3ccccc3F)cc2)(C(=O)N(C)C)CC1. The van der Waals surface area contributed by atoms with Crippen molar-refractivity contribution < 1.29 is 14.0 Å². The maximum absolute atomic E-state index is 14.1. The Morgan fingerprint density at radius 1 is 1.03 bits per heavy atom. The van der Waals surface area contributed by atoms with Gasteiger partial charge in [0.1, 0.15) is 5.82 Å². The Labute approximate surface area is 172 Å². The van der Waals surface area contributed by atoms with Gasteiger partial charge < -0.3 is 9.80 Å². The van der Waals surface area contributed by atoms with E-state index in [0.29, 0.717) is 44.3 Å². The van der Waals surface area contributed by atoms with Gasteiger partial charge in [-0.25, -0.2) is 4.39 Å². The molecule has 0 atom stereocenters. The lowest BCUT2D eigenvalue weighted by Crippen LogP contribution is -2.50. The number of carbonyl (C=O) groups is 2. The van der Waals surface area contributed by atoms with E-state index in [9.17, 15) is 14.0 Å². The molecular formula is C24H29FN2O2. The Balaban J connectivity index is 1.81. The van der Waals surface area contributed by atoms with Crippen molar-refractivity contribution in [3.8, 4) is 11.1 Å². The van der Waals surface area contributed by atoms with Crippen LogP contribution in [-0.2, 0) is 16.0 Å². The van der Waals surface area contributed by atoms with Gasteiger partial charge in [0.2, 0.25) is 11.8 Å². The van der Waals surface area contributed by atoms with E-state index in [4.69, 9.17) is 0 Å². The number of hydrogen-bond acceptors (Lipinski definition) is 2. The van der Waals surface area contributed by atoms with Crippen molar-refractivity contribution in [2.24, 2.45) is 5.41 Å². The van der Waals surface area contributed by atoms with Gasteiger partial charge in [-0.05, 0) is 36.5 Å². The second kappa shape index (κ2) is 8.76. The van der Waals surface area contributed by atoms with Crippen molar-refractivity contribution in [1.29, 1.82) is 0 Å². The first-order valence-corrected chi connectivity index (χ1v) is 10.2. The van der Waals surface area contributed by atoms with E-state index in [1.807, 2.05) is 42.2 Å². The van der Waals surface area contributed by atoms with Crippen LogP contribution in [0, 0.1) is 11.2 Å². The maximum atomic E-state index is 14.1. The molecule has 2 aromatic rings. The van der Waals surface area contributed by atoms with Crippen LogP contribution >= 0.6 is 0 Å². The van der Waals surface area contributed by atoms with Gasteiger partial charge in [0.15, 0.2) is 0 Å². The summed E-state index contributed by atoms with van der Waals surface area (Å²) in [5.74, 6) is 0.0110. The van der Waals surface area contributed by atoms with Crippen molar-refractivity contribution in [3.05, 3.63) is 59.9 Å². The summed E-state index contributed by atoms with van der Waals surface area (Å²) in [7, 11) is 3.57. The molecule has 0 unspecified atom stereocenters. The second-order valence-corrected chi connectivity index (χ2v) is 8.07. The average molecular weight is 397 g/mol. The summed E-state index contributed by atoms with van der Waals surface area (Å²) in [5.41, 5.74) is 1.94. The molecule has 0 radical (unpaired) electrons. The first kappa shape index (κ1) is 21.0. The summed E-state index contributed by atoms with van der Waals surface area (Å²) < 4.78 is 14.1. The molecule has 0 N–H and O–H groups in total. The second-order valence-electron chi connectivity index (χ2n) is 8.07. The first-order chi connectivity index (χ1) is 13.9. The Bertz CT molecular complexity index is 869. The minimum absolute atomic E-state index is 0.110. The monoisotopic (exact) mass is 396 g/mol. The molecule has 1 aliphatic rings. The van der Waals surface area contributed by atoms with Gasteiger partial charge in [-0.15, -0.1) is 0 Å². The van der Waals surface area contributed by atoms with Crippen molar-refractivity contribution in [3.63, 3.8) is 0 Å². The van der Waals surface area contributed by atoms with Crippen molar-refractivity contribution in [1.82, 2.24) is 9.80 Å². The molecule has 1 aliphatic heterocycles. The molecule has 2 aromatic carbocycles. The van der Waals surface area contributed by atoms with Crippen LogP contribution < -0.4 is 0 Å². The molecule has 1 saturated heterocycles. The van der Waals surface area contributed by atoms with Crippen LogP contribution in [0.1, 0.15) is 31.7 Å². The number of carbonyl (C=O) groups excluding carboxylic acids is 2. The molecule has 2 amide bonds. The third kappa shape index (κ3) is 4.50. The highest BCUT2D eigenvalue weighted by Crippen LogP contribution is 2.37. The number of benzene rings is 2. The minimum Gasteiger partial charge on any atom is -0.348 e. The van der Waals surface area contributed by atoms with E-state index in [2.05, 4.69) is 0 Å². The van der Waals surface area contributed by atoms with Gasteiger partial charge in [0, 0.05) is 39.2 Å². The Hall–Kier alpha value is -2.69. The third-order valence-electron chi connectivity index (χ3n) is 5.92. The summed E-state index contributed by atoms with van der Waals surface area (Å²) in [4.78, 5) is 28.6. The smallest absolute Gasteiger partial charge is 0.228 e. The molecule has 1 heterocycles. The van der Waals surface area contributed by atoms with Crippen LogP contribution in [0.25, 0.3) is 11.1 Å². The highest BCUT2D eigenvalue weighted by Gasteiger charge is 2.42. The van der Waals surface area contributed by atoms with E-state index < -0.39 is 5.41 Å². The fraction of sp³-hybridized carbons (Fsp3) is 0.417. The maximum Gasteiger partial charge on any atom is 0.228 e. The van der Waals surface area contributed by atoms with Crippen LogP contribution in [0.3, 0.4) is 0 Å². The molecule has 29 heavy (non-hydrogen) atoms. The largest absolute Gasteiger partial charge is 0.348 e. The molecule has 0 saturated carbocycles. The van der Waals surface area contributed by atoms with Crippen molar-refractivity contribution in [2.45, 2.75) is 32.6 Å². The van der Waals surface area contributed by atoms with Crippen LogP contribution in [0.5, 0.6) is 0 Å².